The highest BCUT2D eigenvalue weighted by atomic mass is 16.3. The van der Waals surface area contributed by atoms with Crippen molar-refractivity contribution in [1.29, 1.82) is 0 Å². The van der Waals surface area contributed by atoms with E-state index in [-0.39, 0.29) is 17.1 Å². The van der Waals surface area contributed by atoms with Crippen LogP contribution in [0.5, 0.6) is 0 Å². The molecule has 4 aromatic rings. The Bertz CT molecular complexity index is 1280. The Balaban J connectivity index is 1.73. The molecule has 1 atom stereocenters. The van der Waals surface area contributed by atoms with Gasteiger partial charge in [-0.05, 0) is 36.2 Å². The van der Waals surface area contributed by atoms with Crippen molar-refractivity contribution < 1.29 is 9.21 Å². The zero-order valence-corrected chi connectivity index (χ0v) is 15.8. The Morgan fingerprint density at radius 2 is 1.79 bits per heavy atom. The van der Waals surface area contributed by atoms with Gasteiger partial charge in [-0.1, -0.05) is 48.0 Å². The second-order valence-electron chi connectivity index (χ2n) is 7.28. The number of para-hydroxylation sites is 1. The van der Waals surface area contributed by atoms with Gasteiger partial charge < -0.3 is 9.32 Å². The van der Waals surface area contributed by atoms with Crippen molar-refractivity contribution in [3.8, 4) is 0 Å². The first-order valence-electron chi connectivity index (χ1n) is 9.45. The maximum absolute atomic E-state index is 13.4. The molecular weight excluding hydrogens is 364 g/mol. The first kappa shape index (κ1) is 17.4. The summed E-state index contributed by atoms with van der Waals surface area (Å²) in [6.45, 7) is 2.35. The molecule has 0 bridgehead atoms. The minimum atomic E-state index is -0.501. The molecule has 0 N–H and O–H groups in total. The Hall–Kier alpha value is -3.73. The topological polar surface area (TPSA) is 63.4 Å². The summed E-state index contributed by atoms with van der Waals surface area (Å²) >= 11 is 0. The third kappa shape index (κ3) is 2.83. The number of benzene rings is 2. The number of amides is 1. The van der Waals surface area contributed by atoms with Crippen LogP contribution in [0.25, 0.3) is 11.0 Å². The predicted molar refractivity (Wildman–Crippen MR) is 110 cm³/mol. The third-order valence-corrected chi connectivity index (χ3v) is 5.34. The molecule has 0 saturated heterocycles. The molecule has 1 aliphatic rings. The third-order valence-electron chi connectivity index (χ3n) is 5.34. The molecule has 5 nitrogen and oxygen atoms in total. The molecule has 0 fully saturated rings. The van der Waals surface area contributed by atoms with Gasteiger partial charge in [0.2, 0.25) is 5.76 Å². The average Bonchev–Trinajstić information content (AvgIpc) is 3.02. The molecule has 3 heterocycles. The van der Waals surface area contributed by atoms with Gasteiger partial charge in [0.15, 0.2) is 5.43 Å². The molecule has 5 heteroatoms. The molecular formula is C24H18N2O3. The number of carbonyl (C=O) groups is 1. The first-order chi connectivity index (χ1) is 14.1. The summed E-state index contributed by atoms with van der Waals surface area (Å²) in [6, 6.07) is 18.2. The lowest BCUT2D eigenvalue weighted by molar-refractivity contribution is 0.0714. The fourth-order valence-corrected chi connectivity index (χ4v) is 3.91. The predicted octanol–water partition coefficient (Wildman–Crippen LogP) is 4.24. The van der Waals surface area contributed by atoms with E-state index in [1.54, 1.807) is 41.6 Å². The van der Waals surface area contributed by atoms with Crippen LogP contribution in [0.1, 0.15) is 38.9 Å². The summed E-state index contributed by atoms with van der Waals surface area (Å²) < 4.78 is 5.93. The standard InChI is InChI=1S/C24H18N2O3/c1-15-8-10-17(11-9-15)21-20-22(27)18-6-2-3-7-19(18)29-23(20)24(28)26(21)14-16-5-4-12-25-13-16/h2-13,21H,14H2,1H3/t21-/m0/s1. The summed E-state index contributed by atoms with van der Waals surface area (Å²) in [5.74, 6) is -0.152. The van der Waals surface area contributed by atoms with E-state index in [4.69, 9.17) is 4.42 Å². The number of aryl methyl sites for hydroxylation is 1. The number of hydrogen-bond donors (Lipinski definition) is 0. The molecule has 0 radical (unpaired) electrons. The fraction of sp³-hybridized carbons (Fsp3) is 0.125. The van der Waals surface area contributed by atoms with Gasteiger partial charge in [0.05, 0.1) is 17.0 Å². The highest BCUT2D eigenvalue weighted by molar-refractivity contribution is 5.99. The van der Waals surface area contributed by atoms with Crippen molar-refractivity contribution in [2.45, 2.75) is 19.5 Å². The van der Waals surface area contributed by atoms with E-state index >= 15 is 0 Å². The number of rotatable bonds is 3. The van der Waals surface area contributed by atoms with Gasteiger partial charge in [-0.15, -0.1) is 0 Å². The molecule has 2 aromatic carbocycles. The molecule has 0 saturated carbocycles. The van der Waals surface area contributed by atoms with E-state index in [2.05, 4.69) is 4.98 Å². The quantitative estimate of drug-likeness (QED) is 0.532. The van der Waals surface area contributed by atoms with Crippen LogP contribution in [0.2, 0.25) is 0 Å². The minimum absolute atomic E-state index is 0.128. The van der Waals surface area contributed by atoms with E-state index < -0.39 is 6.04 Å². The Morgan fingerprint density at radius 3 is 2.55 bits per heavy atom. The van der Waals surface area contributed by atoms with E-state index in [0.717, 1.165) is 16.7 Å². The van der Waals surface area contributed by atoms with Gasteiger partial charge in [0.25, 0.3) is 5.91 Å². The second kappa shape index (κ2) is 6.71. The summed E-state index contributed by atoms with van der Waals surface area (Å²) in [7, 11) is 0. The van der Waals surface area contributed by atoms with E-state index in [1.165, 1.54) is 0 Å². The summed E-state index contributed by atoms with van der Waals surface area (Å²) in [4.78, 5) is 32.5. The Labute approximate surface area is 167 Å². The van der Waals surface area contributed by atoms with Crippen LogP contribution in [-0.4, -0.2) is 15.8 Å². The average molecular weight is 382 g/mol. The van der Waals surface area contributed by atoms with Crippen LogP contribution in [0, 0.1) is 6.92 Å². The number of carbonyl (C=O) groups excluding carboxylic acids is 1. The monoisotopic (exact) mass is 382 g/mol. The number of pyridine rings is 1. The van der Waals surface area contributed by atoms with E-state index in [1.807, 2.05) is 43.3 Å². The Kier molecular flexibility index (Phi) is 4.02. The molecule has 0 unspecified atom stereocenters. The van der Waals surface area contributed by atoms with Gasteiger partial charge >= 0.3 is 0 Å². The van der Waals surface area contributed by atoms with Gasteiger partial charge in [0, 0.05) is 18.9 Å². The van der Waals surface area contributed by atoms with Crippen molar-refractivity contribution in [2.75, 3.05) is 0 Å². The zero-order valence-electron chi connectivity index (χ0n) is 15.8. The Morgan fingerprint density at radius 1 is 1.00 bits per heavy atom. The molecule has 1 amide bonds. The normalized spacial score (nSPS) is 15.7. The number of hydrogen-bond acceptors (Lipinski definition) is 4. The van der Waals surface area contributed by atoms with Crippen molar-refractivity contribution in [3.05, 3.63) is 111 Å². The maximum Gasteiger partial charge on any atom is 0.291 e. The van der Waals surface area contributed by atoms with E-state index in [9.17, 15) is 9.59 Å². The summed E-state index contributed by atoms with van der Waals surface area (Å²) in [6.07, 6.45) is 3.42. The van der Waals surface area contributed by atoms with Crippen LogP contribution in [-0.2, 0) is 6.54 Å². The van der Waals surface area contributed by atoms with Crippen LogP contribution >= 0.6 is 0 Å². The van der Waals surface area contributed by atoms with Crippen LogP contribution < -0.4 is 5.43 Å². The number of nitrogens with zero attached hydrogens (tertiary/aromatic N) is 2. The molecule has 142 valence electrons. The molecule has 1 aliphatic heterocycles. The molecule has 0 spiro atoms. The van der Waals surface area contributed by atoms with Crippen molar-refractivity contribution >= 4 is 16.9 Å². The lowest BCUT2D eigenvalue weighted by Gasteiger charge is -2.25. The smallest absolute Gasteiger partial charge is 0.291 e. The highest BCUT2D eigenvalue weighted by Gasteiger charge is 2.42. The van der Waals surface area contributed by atoms with Crippen molar-refractivity contribution in [2.24, 2.45) is 0 Å². The lowest BCUT2D eigenvalue weighted by atomic mass is 9.97. The lowest BCUT2D eigenvalue weighted by Crippen LogP contribution is -2.29. The number of aromatic nitrogens is 1. The second-order valence-corrected chi connectivity index (χ2v) is 7.28. The van der Waals surface area contributed by atoms with Crippen molar-refractivity contribution in [3.63, 3.8) is 0 Å². The number of fused-ring (bicyclic) bond motifs is 2. The van der Waals surface area contributed by atoms with Gasteiger partial charge in [-0.2, -0.15) is 0 Å². The maximum atomic E-state index is 13.4. The van der Waals surface area contributed by atoms with Gasteiger partial charge in [-0.25, -0.2) is 0 Å². The van der Waals surface area contributed by atoms with Crippen LogP contribution in [0.3, 0.4) is 0 Å². The SMILES string of the molecule is Cc1ccc([C@H]2c3c(oc4ccccc4c3=O)C(=O)N2Cc2cccnc2)cc1. The van der Waals surface area contributed by atoms with Crippen LogP contribution in [0.4, 0.5) is 0 Å². The molecule has 5 rings (SSSR count). The first-order valence-corrected chi connectivity index (χ1v) is 9.45. The van der Waals surface area contributed by atoms with Crippen LogP contribution in [0.15, 0.2) is 82.3 Å². The zero-order chi connectivity index (χ0) is 20.0. The summed E-state index contributed by atoms with van der Waals surface area (Å²) in [5.41, 5.74) is 3.56. The van der Waals surface area contributed by atoms with E-state index in [0.29, 0.717) is 23.1 Å². The largest absolute Gasteiger partial charge is 0.450 e. The fourth-order valence-electron chi connectivity index (χ4n) is 3.91. The molecule has 2 aromatic heterocycles. The molecule has 29 heavy (non-hydrogen) atoms. The van der Waals surface area contributed by atoms with Gasteiger partial charge in [0.1, 0.15) is 5.58 Å². The van der Waals surface area contributed by atoms with Gasteiger partial charge in [-0.3, -0.25) is 14.6 Å². The summed E-state index contributed by atoms with van der Waals surface area (Å²) in [5, 5.41) is 0.486. The van der Waals surface area contributed by atoms with Crippen molar-refractivity contribution in [1.82, 2.24) is 9.88 Å². The highest BCUT2D eigenvalue weighted by Crippen LogP contribution is 2.39. The molecule has 0 aliphatic carbocycles. The minimum Gasteiger partial charge on any atom is -0.450 e.